The van der Waals surface area contributed by atoms with E-state index in [1.807, 2.05) is 43.3 Å². The number of thioether (sulfide) groups is 2. The number of aliphatic hydroxyl groups excluding tert-OH is 1. The van der Waals surface area contributed by atoms with Crippen molar-refractivity contribution >= 4 is 46.7 Å². The van der Waals surface area contributed by atoms with Crippen LogP contribution in [0.15, 0.2) is 66.7 Å². The molecular weight excluding hydrogens is 578 g/mol. The van der Waals surface area contributed by atoms with E-state index in [1.165, 1.54) is 33.7 Å². The predicted octanol–water partition coefficient (Wildman–Crippen LogP) is 4.79. The van der Waals surface area contributed by atoms with Gasteiger partial charge in [-0.15, -0.1) is 23.5 Å². The van der Waals surface area contributed by atoms with Crippen LogP contribution in [0.5, 0.6) is 11.5 Å². The number of hydrogen-bond acceptors (Lipinski definition) is 9. The number of rotatable bonds is 10. The molecule has 0 aromatic heterocycles. The Hall–Kier alpha value is -3.74. The summed E-state index contributed by atoms with van der Waals surface area (Å²) in [6.45, 7) is 1.32. The lowest BCUT2D eigenvalue weighted by Crippen LogP contribution is -2.74. The van der Waals surface area contributed by atoms with E-state index in [4.69, 9.17) is 9.47 Å². The predicted molar refractivity (Wildman–Crippen MR) is 163 cm³/mol. The van der Waals surface area contributed by atoms with Gasteiger partial charge in [0.25, 0.3) is 17.5 Å². The van der Waals surface area contributed by atoms with Gasteiger partial charge in [-0.05, 0) is 53.9 Å². The van der Waals surface area contributed by atoms with Crippen molar-refractivity contribution in [2.75, 3.05) is 32.8 Å². The molecular formula is C30H31N3O7S2. The molecule has 2 aliphatic rings. The molecule has 0 bridgehead atoms. The van der Waals surface area contributed by atoms with Crippen molar-refractivity contribution in [3.05, 3.63) is 93.5 Å². The van der Waals surface area contributed by atoms with E-state index in [1.54, 1.807) is 39.5 Å². The molecule has 0 spiro atoms. The molecule has 0 aliphatic carbocycles. The van der Waals surface area contributed by atoms with Gasteiger partial charge in [0, 0.05) is 36.6 Å². The third kappa shape index (κ3) is 4.87. The van der Waals surface area contributed by atoms with Gasteiger partial charge in [0.05, 0.1) is 31.4 Å². The van der Waals surface area contributed by atoms with Gasteiger partial charge in [-0.1, -0.05) is 24.3 Å². The molecule has 3 aromatic rings. The van der Waals surface area contributed by atoms with E-state index in [2.05, 4.69) is 0 Å². The zero-order chi connectivity index (χ0) is 30.2. The van der Waals surface area contributed by atoms with Crippen LogP contribution in [-0.4, -0.2) is 64.4 Å². The van der Waals surface area contributed by atoms with Crippen LogP contribution >= 0.6 is 23.5 Å². The second kappa shape index (κ2) is 11.5. The first-order valence-electron chi connectivity index (χ1n) is 13.2. The molecule has 220 valence electrons. The number of nitro benzene ring substituents is 1. The maximum atomic E-state index is 14.6. The summed E-state index contributed by atoms with van der Waals surface area (Å²) in [6.07, 6.45) is 0.172. The zero-order valence-electron chi connectivity index (χ0n) is 23.6. The van der Waals surface area contributed by atoms with Crippen LogP contribution in [-0.2, 0) is 21.8 Å². The number of carbonyl (C=O) groups excluding carboxylic acids is 2. The Morgan fingerprint density at radius 3 is 2.19 bits per heavy atom. The highest BCUT2D eigenvalue weighted by molar-refractivity contribution is 8.02. The van der Waals surface area contributed by atoms with Crippen molar-refractivity contribution in [1.29, 1.82) is 0 Å². The van der Waals surface area contributed by atoms with Gasteiger partial charge in [0.2, 0.25) is 0 Å². The number of non-ortho nitro benzene ring substituents is 1. The maximum absolute atomic E-state index is 14.6. The van der Waals surface area contributed by atoms with Crippen molar-refractivity contribution in [3.63, 3.8) is 0 Å². The third-order valence-corrected chi connectivity index (χ3v) is 10.9. The molecule has 5 rings (SSSR count). The second-order valence-corrected chi connectivity index (χ2v) is 13.0. The van der Waals surface area contributed by atoms with Gasteiger partial charge in [-0.2, -0.15) is 0 Å². The smallest absolute Gasteiger partial charge is 0.271 e. The lowest BCUT2D eigenvalue weighted by Gasteiger charge is -2.53. The molecule has 0 radical (unpaired) electrons. The number of likely N-dealkylation sites (N-methyl/N-ethyl adjacent to an activating group) is 1. The van der Waals surface area contributed by atoms with Crippen LogP contribution in [0.25, 0.3) is 0 Å². The quantitative estimate of drug-likeness (QED) is 0.255. The number of piperazine rings is 1. The third-order valence-electron chi connectivity index (χ3n) is 7.84. The number of aliphatic hydroxyl groups is 1. The minimum Gasteiger partial charge on any atom is -0.497 e. The van der Waals surface area contributed by atoms with E-state index in [0.29, 0.717) is 28.5 Å². The van der Waals surface area contributed by atoms with Crippen LogP contribution in [0.2, 0.25) is 0 Å². The van der Waals surface area contributed by atoms with Crippen molar-refractivity contribution < 1.29 is 29.1 Å². The summed E-state index contributed by atoms with van der Waals surface area (Å²) in [4.78, 5) is 40.0. The normalized spacial score (nSPS) is 22.0. The minimum atomic E-state index is -1.64. The highest BCUT2D eigenvalue weighted by Crippen LogP contribution is 2.56. The molecule has 2 amide bonds. The SMILES string of the molecule is COc1ccc(CSC2(CO)C(=O)N3c4cc([N+](=O)[O-])ccc4C[C@@]3(S[C@H](C)c3ccc(OC)cc3)C(=O)N2C)cc1. The van der Waals surface area contributed by atoms with Gasteiger partial charge in [-0.25, -0.2) is 0 Å². The zero-order valence-corrected chi connectivity index (χ0v) is 25.2. The van der Waals surface area contributed by atoms with Crippen molar-refractivity contribution in [2.24, 2.45) is 0 Å². The topological polar surface area (TPSA) is 122 Å². The average molecular weight is 610 g/mol. The molecule has 1 fully saturated rings. The lowest BCUT2D eigenvalue weighted by molar-refractivity contribution is -0.384. The Morgan fingerprint density at radius 2 is 1.62 bits per heavy atom. The molecule has 12 heteroatoms. The monoisotopic (exact) mass is 609 g/mol. The van der Waals surface area contributed by atoms with Crippen LogP contribution in [0.1, 0.15) is 28.9 Å². The highest BCUT2D eigenvalue weighted by atomic mass is 32.2. The summed E-state index contributed by atoms with van der Waals surface area (Å²) in [5.41, 5.74) is 2.58. The molecule has 42 heavy (non-hydrogen) atoms. The van der Waals surface area contributed by atoms with E-state index < -0.39 is 27.2 Å². The number of fused-ring (bicyclic) bond motifs is 3. The number of hydrogen-bond donors (Lipinski definition) is 1. The molecule has 1 N–H and O–H groups in total. The average Bonchev–Trinajstić information content (AvgIpc) is 3.34. The van der Waals surface area contributed by atoms with Gasteiger partial charge < -0.3 is 19.5 Å². The molecule has 3 aromatic carbocycles. The Labute approximate surface area is 252 Å². The molecule has 2 heterocycles. The molecule has 1 unspecified atom stereocenters. The fourth-order valence-corrected chi connectivity index (χ4v) is 8.25. The number of ether oxygens (including phenoxy) is 2. The lowest BCUT2D eigenvalue weighted by atomic mass is 10.0. The van der Waals surface area contributed by atoms with E-state index in [-0.39, 0.29) is 23.3 Å². The van der Waals surface area contributed by atoms with Crippen LogP contribution in [0.4, 0.5) is 11.4 Å². The van der Waals surface area contributed by atoms with Crippen LogP contribution in [0, 0.1) is 10.1 Å². The fraction of sp³-hybridized carbons (Fsp3) is 0.333. The standard InChI is InChI=1S/C30H31N3O7S2/c1-19(21-8-13-25(40-4)14-9-21)42-29-16-22-7-10-23(33(37)38)15-26(22)32(29)28(36)30(18-34,31(2)27(29)35)41-17-20-5-11-24(39-3)12-6-20/h5-15,19,34H,16-18H2,1-4H3/t19-,29-,30?/m1/s1. The Bertz CT molecular complexity index is 1520. The number of nitro groups is 1. The first-order valence-corrected chi connectivity index (χ1v) is 15.1. The van der Waals surface area contributed by atoms with Crippen LogP contribution < -0.4 is 14.4 Å². The summed E-state index contributed by atoms with van der Waals surface area (Å²) in [5.74, 6) is 0.847. The van der Waals surface area contributed by atoms with Crippen molar-refractivity contribution in [3.8, 4) is 11.5 Å². The van der Waals surface area contributed by atoms with Crippen molar-refractivity contribution in [2.45, 2.75) is 34.1 Å². The minimum absolute atomic E-state index is 0.172. The Morgan fingerprint density at radius 1 is 1.00 bits per heavy atom. The number of carbonyl (C=O) groups is 2. The summed E-state index contributed by atoms with van der Waals surface area (Å²) >= 11 is 2.47. The van der Waals surface area contributed by atoms with Gasteiger partial charge in [-0.3, -0.25) is 24.6 Å². The molecule has 3 atom stereocenters. The molecule has 0 saturated carbocycles. The maximum Gasteiger partial charge on any atom is 0.271 e. The van der Waals surface area contributed by atoms with Crippen molar-refractivity contribution in [1.82, 2.24) is 4.90 Å². The number of anilines is 1. The molecule has 10 nitrogen and oxygen atoms in total. The number of amides is 2. The fourth-order valence-electron chi connectivity index (χ4n) is 5.43. The van der Waals surface area contributed by atoms with Gasteiger partial charge >= 0.3 is 0 Å². The first kappa shape index (κ1) is 29.7. The number of nitrogens with zero attached hydrogens (tertiary/aromatic N) is 3. The Balaban J connectivity index is 1.57. The highest BCUT2D eigenvalue weighted by Gasteiger charge is 2.66. The Kier molecular flexibility index (Phi) is 8.15. The largest absolute Gasteiger partial charge is 0.497 e. The number of benzene rings is 3. The summed E-state index contributed by atoms with van der Waals surface area (Å²) in [5, 5.41) is 22.2. The second-order valence-electron chi connectivity index (χ2n) is 10.1. The van der Waals surface area contributed by atoms with E-state index >= 15 is 0 Å². The van der Waals surface area contributed by atoms with Gasteiger partial charge in [0.1, 0.15) is 11.5 Å². The first-order chi connectivity index (χ1) is 20.1. The van der Waals surface area contributed by atoms with E-state index in [9.17, 15) is 24.8 Å². The van der Waals surface area contributed by atoms with E-state index in [0.717, 1.165) is 22.9 Å². The molecule has 1 saturated heterocycles. The summed E-state index contributed by atoms with van der Waals surface area (Å²) in [6, 6.07) is 19.2. The summed E-state index contributed by atoms with van der Waals surface area (Å²) < 4.78 is 10.5. The molecule has 2 aliphatic heterocycles. The van der Waals surface area contributed by atoms with Gasteiger partial charge in [0.15, 0.2) is 9.74 Å². The van der Waals surface area contributed by atoms with Crippen LogP contribution in [0.3, 0.4) is 0 Å². The summed E-state index contributed by atoms with van der Waals surface area (Å²) in [7, 11) is 4.70. The number of methoxy groups -OCH3 is 2.